The summed E-state index contributed by atoms with van der Waals surface area (Å²) in [5, 5.41) is 3.57. The molecule has 0 aliphatic rings. The first kappa shape index (κ1) is 15.5. The molecule has 1 aromatic heterocycles. The molecule has 0 bridgehead atoms. The summed E-state index contributed by atoms with van der Waals surface area (Å²) in [7, 11) is 0. The second kappa shape index (κ2) is 5.14. The van der Waals surface area contributed by atoms with E-state index in [9.17, 15) is 13.2 Å². The molecule has 4 nitrogen and oxygen atoms in total. The molecule has 7 heteroatoms. The maximum Gasteiger partial charge on any atom is 0.415 e. The van der Waals surface area contributed by atoms with Gasteiger partial charge in [-0.15, -0.1) is 0 Å². The van der Waals surface area contributed by atoms with Crippen LogP contribution in [0.4, 0.5) is 13.2 Å². The average Bonchev–Trinajstić information content (AvgIpc) is 2.87. The van der Waals surface area contributed by atoms with Gasteiger partial charge in [0.25, 0.3) is 5.89 Å². The number of hydrogen-bond donors (Lipinski definition) is 1. The van der Waals surface area contributed by atoms with Gasteiger partial charge in [-0.05, 0) is 18.4 Å². The van der Waals surface area contributed by atoms with Crippen LogP contribution >= 0.6 is 0 Å². The molecule has 1 unspecified atom stereocenters. The van der Waals surface area contributed by atoms with Crippen LogP contribution in [0, 0.1) is 0 Å². The minimum absolute atomic E-state index is 0.0845. The van der Waals surface area contributed by atoms with Crippen LogP contribution in [0.5, 0.6) is 0 Å². The fourth-order valence-electron chi connectivity index (χ4n) is 1.69. The van der Waals surface area contributed by atoms with E-state index in [1.54, 1.807) is 12.1 Å². The summed E-state index contributed by atoms with van der Waals surface area (Å²) in [5.41, 5.74) is 4.27. The van der Waals surface area contributed by atoms with Gasteiger partial charge in [0.05, 0.1) is 0 Å². The molecule has 0 amide bonds. The third-order valence-corrected chi connectivity index (χ3v) is 3.29. The van der Waals surface area contributed by atoms with Crippen molar-refractivity contribution in [3.63, 3.8) is 0 Å². The van der Waals surface area contributed by atoms with Gasteiger partial charge < -0.3 is 10.3 Å². The first-order valence-electron chi connectivity index (χ1n) is 6.43. The fourth-order valence-corrected chi connectivity index (χ4v) is 1.69. The third-order valence-electron chi connectivity index (χ3n) is 3.29. The van der Waals surface area contributed by atoms with E-state index in [1.807, 2.05) is 26.0 Å². The Morgan fingerprint density at radius 2 is 1.71 bits per heavy atom. The van der Waals surface area contributed by atoms with E-state index in [1.165, 1.54) is 0 Å². The van der Waals surface area contributed by atoms with Gasteiger partial charge in [0.2, 0.25) is 5.82 Å². The molecule has 2 aromatic rings. The van der Waals surface area contributed by atoms with Gasteiger partial charge in [-0.3, -0.25) is 0 Å². The predicted molar refractivity (Wildman–Crippen MR) is 71.4 cm³/mol. The molecule has 0 aliphatic carbocycles. The highest BCUT2D eigenvalue weighted by atomic mass is 19.4. The van der Waals surface area contributed by atoms with Gasteiger partial charge >= 0.3 is 6.18 Å². The van der Waals surface area contributed by atoms with Crippen molar-refractivity contribution in [2.75, 3.05) is 0 Å². The zero-order valence-electron chi connectivity index (χ0n) is 11.9. The number of alkyl halides is 3. The van der Waals surface area contributed by atoms with Crippen LogP contribution in [0.2, 0.25) is 0 Å². The lowest BCUT2D eigenvalue weighted by Gasteiger charge is -2.22. The molecular formula is C14H16F3N3O. The third kappa shape index (κ3) is 2.92. The summed E-state index contributed by atoms with van der Waals surface area (Å²) in [6, 6.07) is 7.24. The predicted octanol–water partition coefficient (Wildman–Crippen LogP) is 3.60. The number of hydrogen-bond acceptors (Lipinski definition) is 4. The second-order valence-corrected chi connectivity index (χ2v) is 5.40. The molecule has 0 radical (unpaired) electrons. The van der Waals surface area contributed by atoms with Gasteiger partial charge in [-0.25, -0.2) is 0 Å². The van der Waals surface area contributed by atoms with Crippen LogP contribution in [0.15, 0.2) is 28.8 Å². The normalized spacial score (nSPS) is 15.2. The van der Waals surface area contributed by atoms with Gasteiger partial charge in [0, 0.05) is 5.56 Å². The van der Waals surface area contributed by atoms with Gasteiger partial charge in [-0.2, -0.15) is 18.2 Å². The van der Waals surface area contributed by atoms with Crippen LogP contribution in [0.3, 0.4) is 0 Å². The summed E-state index contributed by atoms with van der Waals surface area (Å²) in [5.74, 6) is -0.211. The number of nitrogens with two attached hydrogens (primary N) is 1. The van der Waals surface area contributed by atoms with Gasteiger partial charge in [0.15, 0.2) is 5.54 Å². The second-order valence-electron chi connectivity index (χ2n) is 5.40. The summed E-state index contributed by atoms with van der Waals surface area (Å²) in [6.07, 6.45) is -4.67. The van der Waals surface area contributed by atoms with Crippen LogP contribution < -0.4 is 5.73 Å². The van der Waals surface area contributed by atoms with Crippen molar-refractivity contribution in [1.29, 1.82) is 0 Å². The van der Waals surface area contributed by atoms with Crippen LogP contribution in [0.1, 0.15) is 38.1 Å². The van der Waals surface area contributed by atoms with Crippen molar-refractivity contribution >= 4 is 0 Å². The Morgan fingerprint density at radius 1 is 1.14 bits per heavy atom. The molecule has 2 N–H and O–H groups in total. The zero-order chi connectivity index (χ0) is 15.8. The minimum Gasteiger partial charge on any atom is -0.337 e. The Kier molecular flexibility index (Phi) is 3.79. The monoisotopic (exact) mass is 299 g/mol. The van der Waals surface area contributed by atoms with E-state index >= 15 is 0 Å². The molecule has 1 heterocycles. The van der Waals surface area contributed by atoms with E-state index in [-0.39, 0.29) is 5.82 Å². The largest absolute Gasteiger partial charge is 0.415 e. The van der Waals surface area contributed by atoms with Crippen molar-refractivity contribution in [3.8, 4) is 11.4 Å². The maximum atomic E-state index is 12.8. The van der Waals surface area contributed by atoms with Crippen molar-refractivity contribution in [3.05, 3.63) is 35.7 Å². The van der Waals surface area contributed by atoms with Crippen molar-refractivity contribution < 1.29 is 17.7 Å². The minimum atomic E-state index is -4.67. The molecule has 1 atom stereocenters. The van der Waals surface area contributed by atoms with Crippen LogP contribution in [-0.4, -0.2) is 16.3 Å². The van der Waals surface area contributed by atoms with Gasteiger partial charge in [0.1, 0.15) is 0 Å². The van der Waals surface area contributed by atoms with E-state index in [2.05, 4.69) is 14.7 Å². The topological polar surface area (TPSA) is 64.9 Å². The highest BCUT2D eigenvalue weighted by molar-refractivity contribution is 5.55. The maximum absolute atomic E-state index is 12.8. The smallest absolute Gasteiger partial charge is 0.337 e. The zero-order valence-corrected chi connectivity index (χ0v) is 11.9. The average molecular weight is 299 g/mol. The molecule has 21 heavy (non-hydrogen) atoms. The molecule has 114 valence electrons. The number of benzene rings is 1. The number of nitrogens with zero attached hydrogens (tertiary/aromatic N) is 2. The van der Waals surface area contributed by atoms with Gasteiger partial charge in [-0.1, -0.05) is 43.3 Å². The summed E-state index contributed by atoms with van der Waals surface area (Å²) in [6.45, 7) is 4.89. The molecule has 0 spiro atoms. The molecular weight excluding hydrogens is 283 g/mol. The SMILES string of the molecule is CC(C)c1ccc(-c2noc(C(C)(N)C(F)(F)F)n2)cc1. The molecule has 2 rings (SSSR count). The molecule has 0 aliphatic heterocycles. The Labute approximate surface area is 120 Å². The Bertz CT molecular complexity index is 615. The summed E-state index contributed by atoms with van der Waals surface area (Å²) < 4.78 is 43.1. The standard InChI is InChI=1S/C14H16F3N3O/c1-8(2)9-4-6-10(7-5-9)11-19-12(21-20-11)13(3,18)14(15,16)17/h4-8H,18H2,1-3H3. The molecule has 0 saturated heterocycles. The lowest BCUT2D eigenvalue weighted by atomic mass is 10.0. The Morgan fingerprint density at radius 3 is 2.19 bits per heavy atom. The first-order chi connectivity index (χ1) is 9.63. The number of rotatable bonds is 3. The van der Waals surface area contributed by atoms with Crippen LogP contribution in [0.25, 0.3) is 11.4 Å². The quantitative estimate of drug-likeness (QED) is 0.940. The highest BCUT2D eigenvalue weighted by Gasteiger charge is 2.53. The lowest BCUT2D eigenvalue weighted by Crippen LogP contribution is -2.47. The number of aromatic nitrogens is 2. The van der Waals surface area contributed by atoms with E-state index in [0.717, 1.165) is 12.5 Å². The van der Waals surface area contributed by atoms with Crippen molar-refractivity contribution in [1.82, 2.24) is 10.1 Å². The van der Waals surface area contributed by atoms with E-state index in [4.69, 9.17) is 5.73 Å². The fraction of sp³-hybridized carbons (Fsp3) is 0.429. The van der Waals surface area contributed by atoms with Crippen molar-refractivity contribution in [2.24, 2.45) is 5.73 Å². The highest BCUT2D eigenvalue weighted by Crippen LogP contribution is 2.36. The first-order valence-corrected chi connectivity index (χ1v) is 6.43. The molecule has 0 saturated carbocycles. The molecule has 0 fully saturated rings. The molecule has 1 aromatic carbocycles. The summed E-state index contributed by atoms with van der Waals surface area (Å²) in [4.78, 5) is 3.77. The lowest BCUT2D eigenvalue weighted by molar-refractivity contribution is -0.190. The Hall–Kier alpha value is -1.89. The summed E-state index contributed by atoms with van der Waals surface area (Å²) >= 11 is 0. The van der Waals surface area contributed by atoms with E-state index in [0.29, 0.717) is 11.5 Å². The van der Waals surface area contributed by atoms with E-state index < -0.39 is 17.6 Å². The van der Waals surface area contributed by atoms with Crippen LogP contribution in [-0.2, 0) is 5.54 Å². The Balaban J connectivity index is 2.32. The van der Waals surface area contributed by atoms with Crippen molar-refractivity contribution in [2.45, 2.75) is 38.4 Å². The number of halogens is 3.